The summed E-state index contributed by atoms with van der Waals surface area (Å²) in [5, 5.41) is 0. The van der Waals surface area contributed by atoms with Crippen LogP contribution in [0.4, 0.5) is 0 Å². The normalized spacial score (nSPS) is 21.5. The lowest BCUT2D eigenvalue weighted by atomic mass is 9.85. The number of hydrogen-bond donors (Lipinski definition) is 0. The van der Waals surface area contributed by atoms with Crippen LogP contribution in [-0.2, 0) is 4.74 Å². The Balaban J connectivity index is 1.57. The van der Waals surface area contributed by atoms with Gasteiger partial charge in [0, 0.05) is 25.9 Å². The van der Waals surface area contributed by atoms with Gasteiger partial charge in [-0.1, -0.05) is 12.5 Å². The van der Waals surface area contributed by atoms with Crippen molar-refractivity contribution in [2.45, 2.75) is 38.2 Å². The van der Waals surface area contributed by atoms with Gasteiger partial charge >= 0.3 is 0 Å². The first kappa shape index (κ1) is 14.7. The van der Waals surface area contributed by atoms with Crippen LogP contribution in [0.25, 0.3) is 5.65 Å². The summed E-state index contributed by atoms with van der Waals surface area (Å²) in [6.07, 6.45) is 9.73. The minimum absolute atomic E-state index is 0.0751. The van der Waals surface area contributed by atoms with Crippen molar-refractivity contribution in [3.8, 4) is 0 Å². The predicted molar refractivity (Wildman–Crippen MR) is 87.4 cm³/mol. The molecule has 2 fully saturated rings. The van der Waals surface area contributed by atoms with Crippen molar-refractivity contribution in [3.63, 3.8) is 0 Å². The van der Waals surface area contributed by atoms with E-state index in [1.807, 2.05) is 33.7 Å². The van der Waals surface area contributed by atoms with Crippen molar-refractivity contribution >= 4 is 11.6 Å². The molecule has 2 aliphatic rings. The molecule has 122 valence electrons. The van der Waals surface area contributed by atoms with E-state index in [4.69, 9.17) is 4.74 Å². The number of aromatic nitrogens is 2. The summed E-state index contributed by atoms with van der Waals surface area (Å²) in [5.74, 6) is 0.727. The molecule has 1 atom stereocenters. The van der Waals surface area contributed by atoms with Gasteiger partial charge in [-0.15, -0.1) is 0 Å². The maximum atomic E-state index is 13.1. The van der Waals surface area contributed by atoms with Crippen LogP contribution < -0.4 is 0 Å². The molecule has 0 bridgehead atoms. The van der Waals surface area contributed by atoms with Crippen LogP contribution in [0, 0.1) is 5.92 Å². The zero-order chi connectivity index (χ0) is 15.6. The van der Waals surface area contributed by atoms with Crippen molar-refractivity contribution in [1.29, 1.82) is 0 Å². The summed E-state index contributed by atoms with van der Waals surface area (Å²) >= 11 is 0. The fraction of sp³-hybridized carbons (Fsp3) is 0.556. The summed E-state index contributed by atoms with van der Waals surface area (Å²) in [7, 11) is 0. The molecule has 1 amide bonds. The molecule has 4 rings (SSSR count). The highest BCUT2D eigenvalue weighted by Crippen LogP contribution is 2.28. The Hall–Kier alpha value is -1.88. The van der Waals surface area contributed by atoms with Crippen molar-refractivity contribution in [1.82, 2.24) is 14.3 Å². The van der Waals surface area contributed by atoms with Gasteiger partial charge in [-0.05, 0) is 43.7 Å². The molecule has 0 unspecified atom stereocenters. The van der Waals surface area contributed by atoms with Gasteiger partial charge in [-0.3, -0.25) is 9.20 Å². The van der Waals surface area contributed by atoms with Crippen molar-refractivity contribution < 1.29 is 9.53 Å². The van der Waals surface area contributed by atoms with Gasteiger partial charge in [0.05, 0.1) is 12.3 Å². The molecule has 0 N–H and O–H groups in total. The Morgan fingerprint density at radius 1 is 1.26 bits per heavy atom. The number of imidazole rings is 1. The zero-order valence-electron chi connectivity index (χ0n) is 13.4. The van der Waals surface area contributed by atoms with Crippen LogP contribution in [0.2, 0.25) is 0 Å². The average Bonchev–Trinajstić information content (AvgIpc) is 3.18. The van der Waals surface area contributed by atoms with Crippen LogP contribution in [0.1, 0.15) is 42.6 Å². The van der Waals surface area contributed by atoms with Gasteiger partial charge in [0.2, 0.25) is 0 Å². The number of fused-ring (bicyclic) bond motifs is 1. The van der Waals surface area contributed by atoms with Crippen molar-refractivity contribution in [2.24, 2.45) is 5.92 Å². The van der Waals surface area contributed by atoms with E-state index in [2.05, 4.69) is 4.98 Å². The maximum Gasteiger partial charge on any atom is 0.272 e. The standard InChI is InChI=1S/C18H23N3O2/c22-18(16-11-19-17-8-1-2-9-21(16)17)20(12-14-5-3-6-14)13-15-7-4-10-23-15/h1-2,8-9,11,14-15H,3-7,10,12-13H2/t15-/m1/s1. The van der Waals surface area contributed by atoms with E-state index in [0.717, 1.165) is 31.6 Å². The fourth-order valence-corrected chi connectivity index (χ4v) is 3.51. The highest BCUT2D eigenvalue weighted by molar-refractivity contribution is 5.93. The smallest absolute Gasteiger partial charge is 0.272 e. The molecule has 2 aromatic heterocycles. The van der Waals surface area contributed by atoms with Crippen LogP contribution in [0.5, 0.6) is 0 Å². The van der Waals surface area contributed by atoms with E-state index in [1.165, 1.54) is 19.3 Å². The molecule has 23 heavy (non-hydrogen) atoms. The van der Waals surface area contributed by atoms with E-state index in [1.54, 1.807) is 6.20 Å². The Bertz CT molecular complexity index is 686. The third-order valence-electron chi connectivity index (χ3n) is 5.07. The van der Waals surface area contributed by atoms with Gasteiger partial charge in [0.15, 0.2) is 0 Å². The van der Waals surface area contributed by atoms with Gasteiger partial charge in [0.1, 0.15) is 11.3 Å². The second kappa shape index (κ2) is 6.32. The molecule has 2 aromatic rings. The second-order valence-electron chi connectivity index (χ2n) is 6.71. The first-order chi connectivity index (χ1) is 11.3. The number of carbonyl (C=O) groups excluding carboxylic acids is 1. The minimum Gasteiger partial charge on any atom is -0.376 e. The summed E-state index contributed by atoms with van der Waals surface area (Å²) < 4.78 is 7.64. The van der Waals surface area contributed by atoms with E-state index in [-0.39, 0.29) is 12.0 Å². The predicted octanol–water partition coefficient (Wildman–Crippen LogP) is 2.76. The molecule has 5 heteroatoms. The number of rotatable bonds is 5. The van der Waals surface area contributed by atoms with Gasteiger partial charge < -0.3 is 9.64 Å². The quantitative estimate of drug-likeness (QED) is 0.853. The summed E-state index contributed by atoms with van der Waals surface area (Å²) in [6.45, 7) is 2.37. The molecule has 0 aromatic carbocycles. The number of pyridine rings is 1. The summed E-state index contributed by atoms with van der Waals surface area (Å²) in [4.78, 5) is 19.4. The van der Waals surface area contributed by atoms with Gasteiger partial charge in [-0.2, -0.15) is 0 Å². The molecule has 1 saturated carbocycles. The molecular formula is C18H23N3O2. The van der Waals surface area contributed by atoms with Crippen LogP contribution >= 0.6 is 0 Å². The number of hydrogen-bond acceptors (Lipinski definition) is 3. The lowest BCUT2D eigenvalue weighted by Crippen LogP contribution is -2.42. The van der Waals surface area contributed by atoms with Crippen molar-refractivity contribution in [3.05, 3.63) is 36.3 Å². The maximum absolute atomic E-state index is 13.1. The third kappa shape index (κ3) is 2.98. The Labute approximate surface area is 136 Å². The highest BCUT2D eigenvalue weighted by Gasteiger charge is 2.29. The van der Waals surface area contributed by atoms with Crippen LogP contribution in [0.3, 0.4) is 0 Å². The zero-order valence-corrected chi connectivity index (χ0v) is 13.4. The van der Waals surface area contributed by atoms with Crippen LogP contribution in [-0.4, -0.2) is 46.0 Å². The van der Waals surface area contributed by atoms with E-state index < -0.39 is 0 Å². The third-order valence-corrected chi connectivity index (χ3v) is 5.07. The highest BCUT2D eigenvalue weighted by atomic mass is 16.5. The second-order valence-corrected chi connectivity index (χ2v) is 6.71. The van der Waals surface area contributed by atoms with E-state index in [9.17, 15) is 4.79 Å². The van der Waals surface area contributed by atoms with E-state index >= 15 is 0 Å². The fourth-order valence-electron chi connectivity index (χ4n) is 3.51. The molecule has 1 aliphatic heterocycles. The number of amides is 1. The van der Waals surface area contributed by atoms with Crippen LogP contribution in [0.15, 0.2) is 30.6 Å². The Morgan fingerprint density at radius 2 is 2.17 bits per heavy atom. The Morgan fingerprint density at radius 3 is 2.91 bits per heavy atom. The molecule has 0 radical (unpaired) electrons. The van der Waals surface area contributed by atoms with Crippen molar-refractivity contribution in [2.75, 3.05) is 19.7 Å². The number of nitrogens with zero attached hydrogens (tertiary/aromatic N) is 3. The van der Waals surface area contributed by atoms with Gasteiger partial charge in [0.25, 0.3) is 5.91 Å². The lowest BCUT2D eigenvalue weighted by molar-refractivity contribution is 0.0443. The monoisotopic (exact) mass is 313 g/mol. The molecule has 1 saturated heterocycles. The van der Waals surface area contributed by atoms with E-state index in [0.29, 0.717) is 18.2 Å². The molecular weight excluding hydrogens is 290 g/mol. The first-order valence-corrected chi connectivity index (χ1v) is 8.64. The molecule has 3 heterocycles. The minimum atomic E-state index is 0.0751. The largest absolute Gasteiger partial charge is 0.376 e. The Kier molecular flexibility index (Phi) is 4.04. The topological polar surface area (TPSA) is 46.8 Å². The number of ether oxygens (including phenoxy) is 1. The molecule has 1 aliphatic carbocycles. The summed E-state index contributed by atoms with van der Waals surface area (Å²) in [5.41, 5.74) is 1.47. The molecule has 0 spiro atoms. The SMILES string of the molecule is O=C(c1cnc2ccccn12)N(CC1CCC1)C[C@H]1CCCO1. The van der Waals surface area contributed by atoms with Gasteiger partial charge in [-0.25, -0.2) is 4.98 Å². The number of carbonyl (C=O) groups is 1. The summed E-state index contributed by atoms with van der Waals surface area (Å²) in [6, 6.07) is 5.80. The average molecular weight is 313 g/mol. The first-order valence-electron chi connectivity index (χ1n) is 8.64. The molecule has 5 nitrogen and oxygen atoms in total. The lowest BCUT2D eigenvalue weighted by Gasteiger charge is -2.33.